The summed E-state index contributed by atoms with van der Waals surface area (Å²) < 4.78 is 14.0. The van der Waals surface area contributed by atoms with Gasteiger partial charge in [-0.3, -0.25) is 4.79 Å². The highest BCUT2D eigenvalue weighted by atomic mass is 28.3. The van der Waals surface area contributed by atoms with E-state index in [4.69, 9.17) is 0 Å². The minimum Gasteiger partial charge on any atom is -0.289 e. The van der Waals surface area contributed by atoms with E-state index in [0.29, 0.717) is 22.2 Å². The molecule has 0 aromatic rings. The fourth-order valence-electron chi connectivity index (χ4n) is 3.44. The van der Waals surface area contributed by atoms with Gasteiger partial charge in [0.1, 0.15) is 13.7 Å². The van der Waals surface area contributed by atoms with Gasteiger partial charge in [-0.1, -0.05) is 47.5 Å². The minimum atomic E-state index is -1.89. The Morgan fingerprint density at radius 1 is 1.10 bits per heavy atom. The average Bonchev–Trinajstić information content (AvgIpc) is 2.32. The molecule has 1 rings (SSSR count). The van der Waals surface area contributed by atoms with Crippen molar-refractivity contribution in [1.29, 1.82) is 0 Å². The Morgan fingerprint density at radius 3 is 2.00 bits per heavy atom. The molecule has 0 saturated heterocycles. The monoisotopic (exact) mass is 306 g/mol. The van der Waals surface area contributed by atoms with Crippen molar-refractivity contribution in [3.05, 3.63) is 23.8 Å². The Balaban J connectivity index is 3.29. The van der Waals surface area contributed by atoms with E-state index in [2.05, 4.69) is 53.0 Å². The number of carbonyl (C=O) groups is 1. The van der Waals surface area contributed by atoms with Crippen LogP contribution in [-0.4, -0.2) is 19.5 Å². The number of alkyl halides is 1. The van der Waals surface area contributed by atoms with Crippen LogP contribution in [0.2, 0.25) is 16.6 Å². The number of carbonyl (C=O) groups excluding carboxylic acids is 1. The van der Waals surface area contributed by atoms with Crippen LogP contribution in [-0.2, 0) is 4.79 Å². The maximum atomic E-state index is 14.0. The van der Waals surface area contributed by atoms with Gasteiger partial charge in [0.15, 0.2) is 5.78 Å². The molecule has 1 atom stereocenters. The van der Waals surface area contributed by atoms with Crippen molar-refractivity contribution in [2.75, 3.05) is 0 Å². The highest BCUT2D eigenvalue weighted by Crippen LogP contribution is 2.40. The van der Waals surface area contributed by atoms with Gasteiger partial charge in [-0.05, 0) is 41.8 Å². The van der Waals surface area contributed by atoms with E-state index in [-0.39, 0.29) is 5.78 Å². The highest BCUT2D eigenvalue weighted by molar-refractivity contribution is 6.90. The number of allylic oxidation sites excluding steroid dienone is 4. The van der Waals surface area contributed by atoms with Gasteiger partial charge in [0, 0.05) is 0 Å². The molecule has 0 aliphatic heterocycles. The van der Waals surface area contributed by atoms with Crippen molar-refractivity contribution < 1.29 is 9.18 Å². The lowest BCUT2D eigenvalue weighted by atomic mass is 9.96. The second-order valence-corrected chi connectivity index (χ2v) is 12.6. The molecule has 0 radical (unpaired) electrons. The molecular formula is C18H27FOSi. The van der Waals surface area contributed by atoms with Crippen LogP contribution in [0.25, 0.3) is 0 Å². The van der Waals surface area contributed by atoms with E-state index in [1.54, 1.807) is 0 Å². The maximum absolute atomic E-state index is 14.0. The molecule has 0 bridgehead atoms. The Kier molecular flexibility index (Phi) is 5.39. The van der Waals surface area contributed by atoms with Crippen LogP contribution in [0.4, 0.5) is 4.39 Å². The molecule has 1 aliphatic carbocycles. The first-order chi connectivity index (χ1) is 9.53. The molecule has 116 valence electrons. The molecule has 1 nitrogen and oxygen atoms in total. The molecule has 0 fully saturated rings. The van der Waals surface area contributed by atoms with Gasteiger partial charge in [0.2, 0.25) is 0 Å². The molecule has 0 amide bonds. The largest absolute Gasteiger partial charge is 0.289 e. The summed E-state index contributed by atoms with van der Waals surface area (Å²) in [5.41, 5.74) is 3.69. The van der Waals surface area contributed by atoms with E-state index < -0.39 is 13.7 Å². The Hall–Kier alpha value is -1.14. The van der Waals surface area contributed by atoms with Crippen molar-refractivity contribution in [1.82, 2.24) is 0 Å². The zero-order valence-corrected chi connectivity index (χ0v) is 15.3. The number of ketones is 1. The first kappa shape index (κ1) is 17.9. The third kappa shape index (κ3) is 3.74. The van der Waals surface area contributed by atoms with E-state index in [9.17, 15) is 9.18 Å². The van der Waals surface area contributed by atoms with Crippen molar-refractivity contribution in [3.8, 4) is 11.5 Å². The Morgan fingerprint density at radius 2 is 1.57 bits per heavy atom. The first-order valence-corrected chi connectivity index (χ1v) is 9.94. The molecule has 0 aromatic carbocycles. The summed E-state index contributed by atoms with van der Waals surface area (Å²) >= 11 is 0. The standard InChI is InChI=1S/C18H27FOSi/c1-13(2)21(14(3)4,15(5)6)11-9-16-12-18(7,19)10-8-17(16)20/h8,10,12-15H,1-7H3/t18-/m0/s1. The lowest BCUT2D eigenvalue weighted by Crippen LogP contribution is -2.43. The Bertz CT molecular complexity index is 505. The van der Waals surface area contributed by atoms with E-state index in [1.165, 1.54) is 25.2 Å². The van der Waals surface area contributed by atoms with E-state index in [0.717, 1.165) is 0 Å². The van der Waals surface area contributed by atoms with Crippen LogP contribution in [0.5, 0.6) is 0 Å². The first-order valence-electron chi connectivity index (χ1n) is 7.71. The zero-order valence-electron chi connectivity index (χ0n) is 14.3. The molecule has 0 aromatic heterocycles. The topological polar surface area (TPSA) is 17.1 Å². The van der Waals surface area contributed by atoms with Gasteiger partial charge >= 0.3 is 0 Å². The fourth-order valence-corrected chi connectivity index (χ4v) is 8.65. The molecule has 1 aliphatic rings. The van der Waals surface area contributed by atoms with E-state index in [1.807, 2.05) is 0 Å². The highest BCUT2D eigenvalue weighted by Gasteiger charge is 2.41. The lowest BCUT2D eigenvalue weighted by Gasteiger charge is -2.38. The van der Waals surface area contributed by atoms with Gasteiger partial charge in [0.05, 0.1) is 5.57 Å². The van der Waals surface area contributed by atoms with Crippen LogP contribution in [0, 0.1) is 11.5 Å². The van der Waals surface area contributed by atoms with Crippen molar-refractivity contribution >= 4 is 13.9 Å². The fraction of sp³-hybridized carbons (Fsp3) is 0.611. The van der Waals surface area contributed by atoms with Crippen LogP contribution in [0.3, 0.4) is 0 Å². The SMILES string of the molecule is CC(C)[Si](C#CC1=C[C@@](C)(F)C=CC1=O)(C(C)C)C(C)C. The van der Waals surface area contributed by atoms with Crippen LogP contribution in [0.1, 0.15) is 48.5 Å². The lowest BCUT2D eigenvalue weighted by molar-refractivity contribution is -0.111. The Labute approximate surface area is 129 Å². The van der Waals surface area contributed by atoms with Gasteiger partial charge < -0.3 is 0 Å². The molecule has 0 N–H and O–H groups in total. The predicted molar refractivity (Wildman–Crippen MR) is 90.6 cm³/mol. The minimum absolute atomic E-state index is 0.184. The van der Waals surface area contributed by atoms with Gasteiger partial charge in [-0.25, -0.2) is 4.39 Å². The maximum Gasteiger partial charge on any atom is 0.193 e. The number of hydrogen-bond acceptors (Lipinski definition) is 1. The van der Waals surface area contributed by atoms with Crippen LogP contribution in [0.15, 0.2) is 23.8 Å². The van der Waals surface area contributed by atoms with Gasteiger partial charge in [-0.15, -0.1) is 5.54 Å². The second-order valence-electron chi connectivity index (χ2n) is 7.05. The zero-order chi connectivity index (χ0) is 16.4. The van der Waals surface area contributed by atoms with Crippen LogP contribution < -0.4 is 0 Å². The normalized spacial score (nSPS) is 22.6. The quantitative estimate of drug-likeness (QED) is 0.529. The van der Waals surface area contributed by atoms with Crippen molar-refractivity contribution in [3.63, 3.8) is 0 Å². The summed E-state index contributed by atoms with van der Waals surface area (Å²) in [5, 5.41) is 0. The molecule has 0 spiro atoms. The molecule has 0 unspecified atom stereocenters. The number of hydrogen-bond donors (Lipinski definition) is 0. The molecule has 21 heavy (non-hydrogen) atoms. The van der Waals surface area contributed by atoms with E-state index >= 15 is 0 Å². The molecule has 3 heteroatoms. The van der Waals surface area contributed by atoms with Crippen LogP contribution >= 0.6 is 0 Å². The number of rotatable bonds is 3. The summed E-state index contributed by atoms with van der Waals surface area (Å²) in [6.45, 7) is 14.8. The van der Waals surface area contributed by atoms with Crippen molar-refractivity contribution in [2.24, 2.45) is 0 Å². The van der Waals surface area contributed by atoms with Gasteiger partial charge in [-0.2, -0.15) is 0 Å². The third-order valence-electron chi connectivity index (χ3n) is 4.53. The van der Waals surface area contributed by atoms with Gasteiger partial charge in [0.25, 0.3) is 0 Å². The summed E-state index contributed by atoms with van der Waals surface area (Å²) in [6.07, 6.45) is 3.94. The summed E-state index contributed by atoms with van der Waals surface area (Å²) in [7, 11) is -1.89. The smallest absolute Gasteiger partial charge is 0.193 e. The molecule has 0 heterocycles. The molecular weight excluding hydrogens is 279 g/mol. The predicted octanol–water partition coefficient (Wildman–Crippen LogP) is 5.00. The summed E-state index contributed by atoms with van der Waals surface area (Å²) in [5.74, 6) is 2.86. The number of halogens is 1. The summed E-state index contributed by atoms with van der Waals surface area (Å²) in [4.78, 5) is 11.9. The third-order valence-corrected chi connectivity index (χ3v) is 10.8. The second kappa shape index (κ2) is 6.32. The average molecular weight is 306 g/mol. The van der Waals surface area contributed by atoms with Crippen molar-refractivity contribution in [2.45, 2.75) is 70.8 Å². The molecule has 0 saturated carbocycles. The summed E-state index contributed by atoms with van der Waals surface area (Å²) in [6, 6.07) is 0.